The minimum absolute atomic E-state index is 0.0679. The molecule has 0 bridgehead atoms. The maximum atomic E-state index is 11.8. The molecule has 0 aliphatic heterocycles. The molecule has 0 atom stereocenters. The van der Waals surface area contributed by atoms with Crippen molar-refractivity contribution in [3.8, 4) is 0 Å². The molecule has 0 aromatic carbocycles. The van der Waals surface area contributed by atoms with Crippen LogP contribution in [0.4, 0.5) is 0 Å². The minimum atomic E-state index is 0.0679. The van der Waals surface area contributed by atoms with E-state index in [0.717, 1.165) is 32.2 Å². The average Bonchev–Trinajstić information content (AvgIpc) is 2.68. The molecule has 1 N–H and O–H groups in total. The zero-order valence-corrected chi connectivity index (χ0v) is 13.1. The lowest BCUT2D eigenvalue weighted by atomic mass is 10.1. The van der Waals surface area contributed by atoms with E-state index >= 15 is 0 Å². The minimum Gasteiger partial charge on any atom is -0.356 e. The third-order valence-electron chi connectivity index (χ3n) is 4.10. The first kappa shape index (κ1) is 17.0. The predicted molar refractivity (Wildman–Crippen MR) is 81.4 cm³/mol. The Morgan fingerprint density at radius 1 is 1.15 bits per heavy atom. The van der Waals surface area contributed by atoms with E-state index in [1.807, 2.05) is 4.90 Å². The SMILES string of the molecule is CCCCNC(=O)CCN(C(C)=O)C1CCCCCC1. The second-order valence-electron chi connectivity index (χ2n) is 5.81. The molecule has 0 saturated heterocycles. The molecule has 2 amide bonds. The number of carbonyl (C=O) groups is 2. The van der Waals surface area contributed by atoms with Crippen molar-refractivity contribution >= 4 is 11.8 Å². The summed E-state index contributed by atoms with van der Waals surface area (Å²) in [5, 5.41) is 2.92. The molecule has 4 nitrogen and oxygen atoms in total. The average molecular weight is 282 g/mol. The molecule has 1 rings (SSSR count). The van der Waals surface area contributed by atoms with Gasteiger partial charge in [0, 0.05) is 32.5 Å². The number of rotatable bonds is 7. The van der Waals surface area contributed by atoms with E-state index in [0.29, 0.717) is 19.0 Å². The van der Waals surface area contributed by atoms with E-state index in [1.54, 1.807) is 6.92 Å². The van der Waals surface area contributed by atoms with Gasteiger partial charge in [-0.05, 0) is 19.3 Å². The van der Waals surface area contributed by atoms with Gasteiger partial charge in [-0.3, -0.25) is 9.59 Å². The Balaban J connectivity index is 2.38. The highest BCUT2D eigenvalue weighted by Gasteiger charge is 2.22. The van der Waals surface area contributed by atoms with Gasteiger partial charge in [0.1, 0.15) is 0 Å². The Bertz CT molecular complexity index is 297. The maximum absolute atomic E-state index is 11.8. The molecule has 1 saturated carbocycles. The molecular weight excluding hydrogens is 252 g/mol. The Morgan fingerprint density at radius 3 is 2.35 bits per heavy atom. The van der Waals surface area contributed by atoms with E-state index in [9.17, 15) is 9.59 Å². The van der Waals surface area contributed by atoms with Crippen LogP contribution in [0.1, 0.15) is 71.6 Å². The summed E-state index contributed by atoms with van der Waals surface area (Å²) in [6.45, 7) is 5.05. The smallest absolute Gasteiger partial charge is 0.221 e. The lowest BCUT2D eigenvalue weighted by Gasteiger charge is -2.30. The second kappa shape index (κ2) is 9.78. The summed E-state index contributed by atoms with van der Waals surface area (Å²) in [4.78, 5) is 25.5. The first-order valence-electron chi connectivity index (χ1n) is 8.19. The van der Waals surface area contributed by atoms with Gasteiger partial charge in [0.25, 0.3) is 0 Å². The molecule has 4 heteroatoms. The number of hydrogen-bond acceptors (Lipinski definition) is 2. The summed E-state index contributed by atoms with van der Waals surface area (Å²) in [6, 6.07) is 0.346. The summed E-state index contributed by atoms with van der Waals surface area (Å²) in [5.41, 5.74) is 0. The zero-order valence-electron chi connectivity index (χ0n) is 13.1. The van der Waals surface area contributed by atoms with Crippen LogP contribution in [0.3, 0.4) is 0 Å². The second-order valence-corrected chi connectivity index (χ2v) is 5.81. The van der Waals surface area contributed by atoms with Gasteiger partial charge in [0.15, 0.2) is 0 Å². The van der Waals surface area contributed by atoms with Crippen molar-refractivity contribution in [2.75, 3.05) is 13.1 Å². The third kappa shape index (κ3) is 6.40. The first-order valence-corrected chi connectivity index (χ1v) is 8.19. The standard InChI is InChI=1S/C16H30N2O2/c1-3-4-12-17-16(20)11-13-18(14(2)19)15-9-7-5-6-8-10-15/h15H,3-13H2,1-2H3,(H,17,20). The van der Waals surface area contributed by atoms with Crippen LogP contribution in [-0.4, -0.2) is 35.8 Å². The lowest BCUT2D eigenvalue weighted by molar-refractivity contribution is -0.132. The maximum Gasteiger partial charge on any atom is 0.221 e. The molecule has 1 fully saturated rings. The largest absolute Gasteiger partial charge is 0.356 e. The number of amides is 2. The fourth-order valence-electron chi connectivity index (χ4n) is 2.88. The number of nitrogens with one attached hydrogen (secondary N) is 1. The summed E-state index contributed by atoms with van der Waals surface area (Å²) < 4.78 is 0. The van der Waals surface area contributed by atoms with Crippen molar-refractivity contribution in [1.29, 1.82) is 0 Å². The fourth-order valence-corrected chi connectivity index (χ4v) is 2.88. The molecule has 0 spiro atoms. The normalized spacial score (nSPS) is 16.5. The van der Waals surface area contributed by atoms with E-state index in [4.69, 9.17) is 0 Å². The summed E-state index contributed by atoms with van der Waals surface area (Å²) in [7, 11) is 0. The summed E-state index contributed by atoms with van der Waals surface area (Å²) in [6.07, 6.45) is 9.69. The molecule has 0 radical (unpaired) electrons. The van der Waals surface area contributed by atoms with Gasteiger partial charge < -0.3 is 10.2 Å². The quantitative estimate of drug-likeness (QED) is 0.576. The third-order valence-corrected chi connectivity index (χ3v) is 4.10. The number of nitrogens with zero attached hydrogens (tertiary/aromatic N) is 1. The van der Waals surface area contributed by atoms with Gasteiger partial charge >= 0.3 is 0 Å². The number of hydrogen-bond donors (Lipinski definition) is 1. The highest BCUT2D eigenvalue weighted by molar-refractivity contribution is 5.78. The highest BCUT2D eigenvalue weighted by Crippen LogP contribution is 2.22. The Morgan fingerprint density at radius 2 is 1.80 bits per heavy atom. The summed E-state index contributed by atoms with van der Waals surface area (Å²) >= 11 is 0. The van der Waals surface area contributed by atoms with Crippen LogP contribution in [0.5, 0.6) is 0 Å². The van der Waals surface area contributed by atoms with Gasteiger partial charge in [0.2, 0.25) is 11.8 Å². The first-order chi connectivity index (χ1) is 9.65. The number of carbonyl (C=O) groups excluding carboxylic acids is 2. The Hall–Kier alpha value is -1.06. The van der Waals surface area contributed by atoms with Crippen molar-refractivity contribution in [2.24, 2.45) is 0 Å². The molecule has 20 heavy (non-hydrogen) atoms. The van der Waals surface area contributed by atoms with Crippen LogP contribution in [0.15, 0.2) is 0 Å². The van der Waals surface area contributed by atoms with Gasteiger partial charge in [0.05, 0.1) is 0 Å². The molecular formula is C16H30N2O2. The van der Waals surface area contributed by atoms with Crippen molar-refractivity contribution in [2.45, 2.75) is 77.7 Å². The van der Waals surface area contributed by atoms with Gasteiger partial charge in [-0.25, -0.2) is 0 Å². The molecule has 0 unspecified atom stereocenters. The summed E-state index contributed by atoms with van der Waals surface area (Å²) in [5.74, 6) is 0.177. The number of unbranched alkanes of at least 4 members (excludes halogenated alkanes) is 1. The molecule has 0 aromatic heterocycles. The van der Waals surface area contributed by atoms with E-state index in [2.05, 4.69) is 12.2 Å². The highest BCUT2D eigenvalue weighted by atomic mass is 16.2. The molecule has 0 heterocycles. The van der Waals surface area contributed by atoms with Gasteiger partial charge in [-0.15, -0.1) is 0 Å². The van der Waals surface area contributed by atoms with Crippen molar-refractivity contribution in [1.82, 2.24) is 10.2 Å². The van der Waals surface area contributed by atoms with Crippen LogP contribution in [0.25, 0.3) is 0 Å². The molecule has 1 aliphatic carbocycles. The monoisotopic (exact) mass is 282 g/mol. The Kier molecular flexibility index (Phi) is 8.31. The predicted octanol–water partition coefficient (Wildman–Crippen LogP) is 2.86. The Labute approximate surface area is 123 Å². The van der Waals surface area contributed by atoms with Crippen molar-refractivity contribution in [3.05, 3.63) is 0 Å². The van der Waals surface area contributed by atoms with E-state index < -0.39 is 0 Å². The van der Waals surface area contributed by atoms with Gasteiger partial charge in [-0.1, -0.05) is 39.0 Å². The van der Waals surface area contributed by atoms with Crippen LogP contribution in [-0.2, 0) is 9.59 Å². The van der Waals surface area contributed by atoms with E-state index in [-0.39, 0.29) is 11.8 Å². The van der Waals surface area contributed by atoms with Crippen molar-refractivity contribution in [3.63, 3.8) is 0 Å². The zero-order chi connectivity index (χ0) is 14.8. The fraction of sp³-hybridized carbons (Fsp3) is 0.875. The topological polar surface area (TPSA) is 49.4 Å². The van der Waals surface area contributed by atoms with Crippen LogP contribution < -0.4 is 5.32 Å². The van der Waals surface area contributed by atoms with Gasteiger partial charge in [-0.2, -0.15) is 0 Å². The van der Waals surface area contributed by atoms with Crippen LogP contribution >= 0.6 is 0 Å². The van der Waals surface area contributed by atoms with E-state index in [1.165, 1.54) is 25.7 Å². The van der Waals surface area contributed by atoms with Crippen molar-refractivity contribution < 1.29 is 9.59 Å². The lowest BCUT2D eigenvalue weighted by Crippen LogP contribution is -2.41. The molecule has 116 valence electrons. The van der Waals surface area contributed by atoms with Crippen LogP contribution in [0.2, 0.25) is 0 Å². The van der Waals surface area contributed by atoms with Crippen LogP contribution in [0, 0.1) is 0 Å². The molecule has 0 aromatic rings. The molecule has 1 aliphatic rings.